The van der Waals surface area contributed by atoms with E-state index in [1.807, 2.05) is 0 Å². The van der Waals surface area contributed by atoms with E-state index in [4.69, 9.17) is 5.73 Å². The number of halogens is 1. The number of hydrogen-bond acceptors (Lipinski definition) is 1. The van der Waals surface area contributed by atoms with Gasteiger partial charge in [0.2, 0.25) is 0 Å². The summed E-state index contributed by atoms with van der Waals surface area (Å²) in [5.74, 6) is -0.829. The molecule has 0 aliphatic carbocycles. The molecule has 1 aromatic rings. The van der Waals surface area contributed by atoms with Crippen LogP contribution in [0.1, 0.15) is 17.3 Å². The highest BCUT2D eigenvalue weighted by atomic mass is 19.1. The Morgan fingerprint density at radius 1 is 1.54 bits per heavy atom. The zero-order valence-electron chi connectivity index (χ0n) is 7.12. The summed E-state index contributed by atoms with van der Waals surface area (Å²) in [6.45, 7) is 1.50. The van der Waals surface area contributed by atoms with Crippen LogP contribution in [0.4, 0.5) is 4.39 Å². The summed E-state index contributed by atoms with van der Waals surface area (Å²) in [7, 11) is 0. The van der Waals surface area contributed by atoms with E-state index in [2.05, 4.69) is 4.99 Å². The second-order valence-corrected chi connectivity index (χ2v) is 2.57. The Morgan fingerprint density at radius 2 is 2.23 bits per heavy atom. The Balaban J connectivity index is 2.96. The number of hydrogen-bond donors (Lipinski definition) is 1. The fourth-order valence-corrected chi connectivity index (χ4v) is 0.846. The first-order chi connectivity index (χ1) is 6.09. The molecular weight excluding hydrogens is 171 g/mol. The van der Waals surface area contributed by atoms with Crippen LogP contribution in [0.15, 0.2) is 29.3 Å². The van der Waals surface area contributed by atoms with Gasteiger partial charge in [-0.25, -0.2) is 4.39 Å². The average Bonchev–Trinajstić information content (AvgIpc) is 2.03. The molecule has 0 spiro atoms. The lowest BCUT2D eigenvalue weighted by Crippen LogP contribution is -2.09. The second kappa shape index (κ2) is 3.80. The number of aliphatic imine (C=N–C) groups is 1. The molecule has 3 nitrogen and oxygen atoms in total. The van der Waals surface area contributed by atoms with E-state index in [0.717, 1.165) is 6.07 Å². The molecule has 4 heteroatoms. The molecule has 2 N–H and O–H groups in total. The Kier molecular flexibility index (Phi) is 2.74. The lowest BCUT2D eigenvalue weighted by Gasteiger charge is -1.95. The maximum Gasteiger partial charge on any atom is 0.278 e. The second-order valence-electron chi connectivity index (χ2n) is 2.57. The number of carbonyl (C=O) groups excluding carboxylic acids is 1. The molecule has 0 aliphatic rings. The Bertz CT molecular complexity index is 356. The third-order valence-electron chi connectivity index (χ3n) is 1.35. The lowest BCUT2D eigenvalue weighted by atomic mass is 10.2. The van der Waals surface area contributed by atoms with Gasteiger partial charge in [-0.05, 0) is 25.1 Å². The fourth-order valence-electron chi connectivity index (χ4n) is 0.846. The van der Waals surface area contributed by atoms with E-state index in [1.165, 1.54) is 25.1 Å². The summed E-state index contributed by atoms with van der Waals surface area (Å²) in [5, 5.41) is 0. The van der Waals surface area contributed by atoms with Gasteiger partial charge in [0.05, 0.1) is 0 Å². The van der Waals surface area contributed by atoms with Crippen LogP contribution >= 0.6 is 0 Å². The molecule has 0 saturated carbocycles. The molecule has 0 radical (unpaired) electrons. The van der Waals surface area contributed by atoms with Gasteiger partial charge in [0.15, 0.2) is 0 Å². The number of rotatable bonds is 1. The zero-order chi connectivity index (χ0) is 9.84. The number of carbonyl (C=O) groups is 1. The van der Waals surface area contributed by atoms with E-state index in [9.17, 15) is 9.18 Å². The molecule has 0 atom stereocenters. The predicted octanol–water partition coefficient (Wildman–Crippen LogP) is 1.34. The number of amides is 1. The molecule has 13 heavy (non-hydrogen) atoms. The van der Waals surface area contributed by atoms with Gasteiger partial charge in [0.25, 0.3) is 5.91 Å². The van der Waals surface area contributed by atoms with Crippen LogP contribution in [0.2, 0.25) is 0 Å². The Morgan fingerprint density at radius 3 is 2.77 bits per heavy atom. The van der Waals surface area contributed by atoms with Crippen molar-refractivity contribution in [3.63, 3.8) is 0 Å². The van der Waals surface area contributed by atoms with Gasteiger partial charge in [0, 0.05) is 5.56 Å². The molecular formula is C9H9FN2O. The van der Waals surface area contributed by atoms with Crippen molar-refractivity contribution in [2.45, 2.75) is 6.92 Å². The molecule has 1 rings (SSSR count). The molecule has 68 valence electrons. The first-order valence-corrected chi connectivity index (χ1v) is 3.70. The lowest BCUT2D eigenvalue weighted by molar-refractivity contribution is 0.100. The minimum Gasteiger partial charge on any atom is -0.387 e. The van der Waals surface area contributed by atoms with Gasteiger partial charge in [-0.1, -0.05) is 6.07 Å². The van der Waals surface area contributed by atoms with E-state index < -0.39 is 11.7 Å². The predicted molar refractivity (Wildman–Crippen MR) is 48.0 cm³/mol. The Labute approximate surface area is 75.1 Å². The van der Waals surface area contributed by atoms with Gasteiger partial charge in [0.1, 0.15) is 11.7 Å². The standard InChI is InChI=1S/C9H9FN2O/c1-6(11)12-9(13)7-3-2-4-8(10)5-7/h2-5H,1H3,(H2,11,12,13). The summed E-state index contributed by atoms with van der Waals surface area (Å²) in [6.07, 6.45) is 0. The van der Waals surface area contributed by atoms with Crippen molar-refractivity contribution in [1.29, 1.82) is 0 Å². The largest absolute Gasteiger partial charge is 0.387 e. The number of nitrogens with two attached hydrogens (primary N) is 1. The normalized spacial score (nSPS) is 11.4. The molecule has 0 aliphatic heterocycles. The third kappa shape index (κ3) is 2.66. The van der Waals surface area contributed by atoms with Gasteiger partial charge in [-0.15, -0.1) is 0 Å². The van der Waals surface area contributed by atoms with Crippen LogP contribution in [-0.4, -0.2) is 11.7 Å². The fraction of sp³-hybridized carbons (Fsp3) is 0.111. The SMILES string of the molecule is CC(N)=NC(=O)c1cccc(F)c1. The van der Waals surface area contributed by atoms with Crippen molar-refractivity contribution in [1.82, 2.24) is 0 Å². The number of benzene rings is 1. The van der Waals surface area contributed by atoms with Crippen molar-refractivity contribution < 1.29 is 9.18 Å². The third-order valence-corrected chi connectivity index (χ3v) is 1.35. The minimum atomic E-state index is -0.528. The molecule has 0 fully saturated rings. The van der Waals surface area contributed by atoms with Crippen molar-refractivity contribution in [2.24, 2.45) is 10.7 Å². The van der Waals surface area contributed by atoms with E-state index in [1.54, 1.807) is 0 Å². The van der Waals surface area contributed by atoms with Crippen molar-refractivity contribution in [3.8, 4) is 0 Å². The monoisotopic (exact) mass is 180 g/mol. The highest BCUT2D eigenvalue weighted by Gasteiger charge is 2.03. The highest BCUT2D eigenvalue weighted by Crippen LogP contribution is 2.04. The summed E-state index contributed by atoms with van der Waals surface area (Å²) in [6, 6.07) is 5.31. The molecule has 0 saturated heterocycles. The van der Waals surface area contributed by atoms with Crippen LogP contribution < -0.4 is 5.73 Å². The minimum absolute atomic E-state index is 0.161. The van der Waals surface area contributed by atoms with Gasteiger partial charge in [-0.3, -0.25) is 4.79 Å². The number of nitrogens with zero attached hydrogens (tertiary/aromatic N) is 1. The van der Waals surface area contributed by atoms with Crippen molar-refractivity contribution in [2.75, 3.05) is 0 Å². The first kappa shape index (κ1) is 9.38. The highest BCUT2D eigenvalue weighted by molar-refractivity contribution is 6.02. The quantitative estimate of drug-likeness (QED) is 0.523. The number of amidine groups is 1. The van der Waals surface area contributed by atoms with Crippen LogP contribution in [0.5, 0.6) is 0 Å². The van der Waals surface area contributed by atoms with Crippen molar-refractivity contribution >= 4 is 11.7 Å². The average molecular weight is 180 g/mol. The molecule has 1 amide bonds. The van der Waals surface area contributed by atoms with E-state index in [-0.39, 0.29) is 11.4 Å². The molecule has 0 heterocycles. The summed E-state index contributed by atoms with van der Waals surface area (Å²) in [4.78, 5) is 14.7. The van der Waals surface area contributed by atoms with Gasteiger partial charge >= 0.3 is 0 Å². The summed E-state index contributed by atoms with van der Waals surface area (Å²) < 4.78 is 12.6. The maximum atomic E-state index is 12.6. The van der Waals surface area contributed by atoms with E-state index >= 15 is 0 Å². The van der Waals surface area contributed by atoms with E-state index in [0.29, 0.717) is 0 Å². The van der Waals surface area contributed by atoms with Gasteiger partial charge in [-0.2, -0.15) is 4.99 Å². The maximum absolute atomic E-state index is 12.6. The van der Waals surface area contributed by atoms with Crippen LogP contribution in [0.3, 0.4) is 0 Å². The topological polar surface area (TPSA) is 55.4 Å². The van der Waals surface area contributed by atoms with Crippen LogP contribution in [-0.2, 0) is 0 Å². The van der Waals surface area contributed by atoms with Crippen molar-refractivity contribution in [3.05, 3.63) is 35.6 Å². The summed E-state index contributed by atoms with van der Waals surface area (Å²) >= 11 is 0. The molecule has 0 unspecified atom stereocenters. The first-order valence-electron chi connectivity index (χ1n) is 3.70. The zero-order valence-corrected chi connectivity index (χ0v) is 7.12. The van der Waals surface area contributed by atoms with Gasteiger partial charge < -0.3 is 5.73 Å². The smallest absolute Gasteiger partial charge is 0.278 e. The molecule has 1 aromatic carbocycles. The summed E-state index contributed by atoms with van der Waals surface area (Å²) in [5.41, 5.74) is 5.40. The van der Waals surface area contributed by atoms with Crippen LogP contribution in [0.25, 0.3) is 0 Å². The Hall–Kier alpha value is -1.71. The molecule has 0 bridgehead atoms. The molecule has 0 aromatic heterocycles. The van der Waals surface area contributed by atoms with Crippen LogP contribution in [0, 0.1) is 5.82 Å².